The largest absolute Gasteiger partial charge is 0.287 e. The van der Waals surface area contributed by atoms with Gasteiger partial charge >= 0.3 is 0 Å². The minimum absolute atomic E-state index is 0.195. The number of aromatic nitrogens is 5. The Morgan fingerprint density at radius 1 is 1.12 bits per heavy atom. The first-order chi connectivity index (χ1) is 12.1. The van der Waals surface area contributed by atoms with Crippen molar-refractivity contribution in [1.29, 1.82) is 0 Å². The van der Waals surface area contributed by atoms with Crippen LogP contribution in [0.1, 0.15) is 21.7 Å². The summed E-state index contributed by atoms with van der Waals surface area (Å²) in [6.45, 7) is 1.85. The number of nitrogens with zero attached hydrogens (tertiary/aromatic N) is 5. The summed E-state index contributed by atoms with van der Waals surface area (Å²) in [5, 5.41) is 4.36. The second-order valence-electron chi connectivity index (χ2n) is 5.48. The number of carbonyl (C=O) groups excluding carboxylic acids is 1. The summed E-state index contributed by atoms with van der Waals surface area (Å²) in [5.41, 5.74) is 3.84. The topological polar surface area (TPSA) is 73.0 Å². The third-order valence-electron chi connectivity index (χ3n) is 3.79. The summed E-state index contributed by atoms with van der Waals surface area (Å²) in [6.07, 6.45) is 4.91. The number of halogens is 1. The molecule has 0 saturated carbocycles. The van der Waals surface area contributed by atoms with Crippen molar-refractivity contribution in [2.45, 2.75) is 6.92 Å². The van der Waals surface area contributed by atoms with Crippen LogP contribution >= 0.6 is 15.9 Å². The fraction of sp³-hybridized carbons (Fsp3) is 0.0556. The zero-order chi connectivity index (χ0) is 17.4. The first-order valence-corrected chi connectivity index (χ1v) is 8.36. The van der Waals surface area contributed by atoms with Crippen LogP contribution in [0.15, 0.2) is 59.6 Å². The zero-order valence-corrected chi connectivity index (χ0v) is 14.8. The first-order valence-electron chi connectivity index (χ1n) is 7.56. The molecule has 0 aliphatic carbocycles. The van der Waals surface area contributed by atoms with Gasteiger partial charge in [-0.25, -0.2) is 19.5 Å². The predicted octanol–water partition coefficient (Wildman–Crippen LogP) is 3.49. The van der Waals surface area contributed by atoms with Crippen molar-refractivity contribution in [3.05, 3.63) is 76.5 Å². The molecule has 4 heterocycles. The van der Waals surface area contributed by atoms with Gasteiger partial charge in [-0.1, -0.05) is 6.07 Å². The van der Waals surface area contributed by atoms with Gasteiger partial charge in [-0.05, 0) is 53.2 Å². The van der Waals surface area contributed by atoms with Crippen LogP contribution in [-0.2, 0) is 0 Å². The summed E-state index contributed by atoms with van der Waals surface area (Å²) in [5.74, 6) is -0.195. The van der Waals surface area contributed by atoms with Crippen LogP contribution in [0.3, 0.4) is 0 Å². The molecule has 0 atom stereocenters. The first kappa shape index (κ1) is 15.6. The Labute approximate surface area is 151 Å². The normalized spacial score (nSPS) is 11.0. The fourth-order valence-corrected chi connectivity index (χ4v) is 3.00. The molecule has 0 amide bonds. The Kier molecular flexibility index (Phi) is 3.85. The smallest absolute Gasteiger partial charge is 0.216 e. The van der Waals surface area contributed by atoms with Gasteiger partial charge in [0.05, 0.1) is 17.5 Å². The van der Waals surface area contributed by atoms with E-state index in [1.54, 1.807) is 23.0 Å². The van der Waals surface area contributed by atoms with Crippen LogP contribution in [0.2, 0.25) is 0 Å². The van der Waals surface area contributed by atoms with Gasteiger partial charge in [-0.3, -0.25) is 4.79 Å². The monoisotopic (exact) mass is 393 g/mol. The fourth-order valence-electron chi connectivity index (χ4n) is 2.64. The molecular formula is C18H12BrN5O. The standard InChI is InChI=1S/C18H12BrN5O/c1-11-3-2-4-14(23-11)17(25)13-10-22-24-15(6-8-21-18(13)24)12-5-7-20-16(19)9-12/h2-10H,1H3. The number of pyridine rings is 2. The van der Waals surface area contributed by atoms with Crippen molar-refractivity contribution < 1.29 is 4.79 Å². The predicted molar refractivity (Wildman–Crippen MR) is 96.3 cm³/mol. The van der Waals surface area contributed by atoms with E-state index in [1.165, 1.54) is 6.20 Å². The van der Waals surface area contributed by atoms with Crippen LogP contribution < -0.4 is 0 Å². The molecule has 0 N–H and O–H groups in total. The van der Waals surface area contributed by atoms with Crippen molar-refractivity contribution >= 4 is 27.4 Å². The molecule has 0 aromatic carbocycles. The Balaban J connectivity index is 1.86. The second-order valence-corrected chi connectivity index (χ2v) is 6.30. The quantitative estimate of drug-likeness (QED) is 0.393. The molecule has 0 bridgehead atoms. The number of ketones is 1. The minimum atomic E-state index is -0.195. The van der Waals surface area contributed by atoms with Crippen molar-refractivity contribution in [3.63, 3.8) is 0 Å². The van der Waals surface area contributed by atoms with Crippen LogP contribution in [0.25, 0.3) is 16.9 Å². The van der Waals surface area contributed by atoms with Gasteiger partial charge in [0.2, 0.25) is 5.78 Å². The maximum atomic E-state index is 12.8. The summed E-state index contributed by atoms with van der Waals surface area (Å²) in [6, 6.07) is 11.0. The highest BCUT2D eigenvalue weighted by molar-refractivity contribution is 9.10. The van der Waals surface area contributed by atoms with E-state index in [4.69, 9.17) is 0 Å². The third-order valence-corrected chi connectivity index (χ3v) is 4.22. The highest BCUT2D eigenvalue weighted by Gasteiger charge is 2.18. The van der Waals surface area contributed by atoms with E-state index >= 15 is 0 Å². The summed E-state index contributed by atoms with van der Waals surface area (Å²) in [7, 11) is 0. The molecule has 4 aromatic rings. The van der Waals surface area contributed by atoms with Gasteiger partial charge in [-0.2, -0.15) is 5.10 Å². The molecule has 0 fully saturated rings. The van der Waals surface area contributed by atoms with E-state index in [9.17, 15) is 4.79 Å². The Hall–Kier alpha value is -2.93. The lowest BCUT2D eigenvalue weighted by molar-refractivity contribution is 0.103. The van der Waals surface area contributed by atoms with Gasteiger partial charge in [0.1, 0.15) is 10.3 Å². The van der Waals surface area contributed by atoms with E-state index in [1.807, 2.05) is 37.3 Å². The van der Waals surface area contributed by atoms with Gasteiger partial charge in [0, 0.05) is 23.7 Å². The maximum absolute atomic E-state index is 12.8. The van der Waals surface area contributed by atoms with E-state index in [-0.39, 0.29) is 5.78 Å². The Morgan fingerprint density at radius 2 is 1.96 bits per heavy atom. The molecule has 0 aliphatic rings. The summed E-state index contributed by atoms with van der Waals surface area (Å²) < 4.78 is 2.38. The van der Waals surface area contributed by atoms with Crippen LogP contribution in [-0.4, -0.2) is 30.3 Å². The van der Waals surface area contributed by atoms with Gasteiger partial charge < -0.3 is 0 Å². The van der Waals surface area contributed by atoms with Crippen LogP contribution in [0.5, 0.6) is 0 Å². The SMILES string of the molecule is Cc1cccc(C(=O)c2cnn3c(-c4ccnc(Br)c4)ccnc23)n1. The third kappa shape index (κ3) is 2.83. The average molecular weight is 394 g/mol. The Morgan fingerprint density at radius 3 is 2.76 bits per heavy atom. The number of rotatable bonds is 3. The summed E-state index contributed by atoms with van der Waals surface area (Å²) in [4.78, 5) is 25.6. The second kappa shape index (κ2) is 6.18. The molecule has 4 rings (SSSR count). The number of hydrogen-bond donors (Lipinski definition) is 0. The number of hydrogen-bond acceptors (Lipinski definition) is 5. The van der Waals surface area contributed by atoms with Gasteiger partial charge in [0.25, 0.3) is 0 Å². The lowest BCUT2D eigenvalue weighted by Gasteiger charge is -2.05. The molecular weight excluding hydrogens is 382 g/mol. The molecule has 0 radical (unpaired) electrons. The molecule has 6 nitrogen and oxygen atoms in total. The molecule has 25 heavy (non-hydrogen) atoms. The van der Waals surface area contributed by atoms with E-state index in [0.717, 1.165) is 21.6 Å². The van der Waals surface area contributed by atoms with E-state index in [0.29, 0.717) is 16.9 Å². The van der Waals surface area contributed by atoms with Crippen molar-refractivity contribution in [2.24, 2.45) is 0 Å². The van der Waals surface area contributed by atoms with Gasteiger partial charge in [-0.15, -0.1) is 0 Å². The zero-order valence-electron chi connectivity index (χ0n) is 13.2. The van der Waals surface area contributed by atoms with Crippen molar-refractivity contribution in [3.8, 4) is 11.3 Å². The van der Waals surface area contributed by atoms with E-state index < -0.39 is 0 Å². The van der Waals surface area contributed by atoms with Crippen LogP contribution in [0.4, 0.5) is 0 Å². The lowest BCUT2D eigenvalue weighted by Crippen LogP contribution is -2.05. The lowest BCUT2D eigenvalue weighted by atomic mass is 10.1. The molecule has 0 unspecified atom stereocenters. The molecule has 122 valence electrons. The molecule has 0 aliphatic heterocycles. The molecule has 0 spiro atoms. The summed E-state index contributed by atoms with van der Waals surface area (Å²) >= 11 is 3.37. The van der Waals surface area contributed by atoms with Crippen molar-refractivity contribution in [1.82, 2.24) is 24.6 Å². The van der Waals surface area contributed by atoms with Crippen LogP contribution in [0, 0.1) is 6.92 Å². The Bertz CT molecular complexity index is 1110. The highest BCUT2D eigenvalue weighted by atomic mass is 79.9. The molecule has 7 heteroatoms. The number of aryl methyl sites for hydroxylation is 1. The van der Waals surface area contributed by atoms with Gasteiger partial charge in [0.15, 0.2) is 5.65 Å². The molecule has 0 saturated heterocycles. The number of fused-ring (bicyclic) bond motifs is 1. The van der Waals surface area contributed by atoms with E-state index in [2.05, 4.69) is 36.0 Å². The number of carbonyl (C=O) groups is 1. The average Bonchev–Trinajstić information content (AvgIpc) is 3.05. The molecule has 4 aromatic heterocycles. The maximum Gasteiger partial charge on any atom is 0.216 e. The minimum Gasteiger partial charge on any atom is -0.287 e. The van der Waals surface area contributed by atoms with Crippen molar-refractivity contribution in [2.75, 3.05) is 0 Å². The highest BCUT2D eigenvalue weighted by Crippen LogP contribution is 2.23.